The maximum absolute atomic E-state index is 13.9. The van der Waals surface area contributed by atoms with Crippen molar-refractivity contribution in [2.75, 3.05) is 24.6 Å². The van der Waals surface area contributed by atoms with Gasteiger partial charge in [0.2, 0.25) is 5.91 Å². The summed E-state index contributed by atoms with van der Waals surface area (Å²) in [4.78, 5) is 37.3. The molecule has 0 aliphatic carbocycles. The molecule has 3 rings (SSSR count). The minimum atomic E-state index is -0.755. The lowest BCUT2D eigenvalue weighted by molar-refractivity contribution is -0.152. The van der Waals surface area contributed by atoms with Crippen LogP contribution in [0.3, 0.4) is 0 Å². The Morgan fingerprint density at radius 3 is 2.55 bits per heavy atom. The second-order valence-electron chi connectivity index (χ2n) is 6.69. The molecule has 0 aromatic heterocycles. The number of hydrogen-bond donors (Lipinski definition) is 1. The van der Waals surface area contributed by atoms with Gasteiger partial charge in [0.15, 0.2) is 6.61 Å². The highest BCUT2D eigenvalue weighted by atomic mass is 19.1. The van der Waals surface area contributed by atoms with E-state index in [9.17, 15) is 23.2 Å². The van der Waals surface area contributed by atoms with Crippen LogP contribution in [0.25, 0.3) is 0 Å². The number of carbonyl (C=O) groups excluding carboxylic acids is 3. The number of hydrogen-bond acceptors (Lipinski definition) is 4. The van der Waals surface area contributed by atoms with E-state index in [0.29, 0.717) is 13.0 Å². The van der Waals surface area contributed by atoms with Gasteiger partial charge in [-0.15, -0.1) is 0 Å². The number of anilines is 1. The summed E-state index contributed by atoms with van der Waals surface area (Å²) in [6.45, 7) is -0.150. The smallest absolute Gasteiger partial charge is 0.311 e. The van der Waals surface area contributed by atoms with E-state index in [2.05, 4.69) is 5.32 Å². The summed E-state index contributed by atoms with van der Waals surface area (Å²) in [5.41, 5.74) is 0.979. The van der Waals surface area contributed by atoms with Gasteiger partial charge < -0.3 is 15.0 Å². The molecule has 0 radical (unpaired) electrons. The maximum atomic E-state index is 13.9. The highest BCUT2D eigenvalue weighted by Crippen LogP contribution is 2.27. The molecule has 1 atom stereocenters. The molecular formula is C21H20F2N2O4. The summed E-state index contributed by atoms with van der Waals surface area (Å²) >= 11 is 0. The molecule has 0 bridgehead atoms. The molecule has 2 aromatic carbocycles. The molecule has 6 nitrogen and oxygen atoms in total. The molecule has 1 fully saturated rings. The molecule has 1 heterocycles. The van der Waals surface area contributed by atoms with E-state index < -0.39 is 30.2 Å². The minimum Gasteiger partial charge on any atom is -0.455 e. The second-order valence-corrected chi connectivity index (χ2v) is 6.69. The van der Waals surface area contributed by atoms with Crippen LogP contribution in [0.1, 0.15) is 12.0 Å². The Balaban J connectivity index is 1.42. The van der Waals surface area contributed by atoms with Crippen molar-refractivity contribution in [3.05, 3.63) is 65.7 Å². The first-order chi connectivity index (χ1) is 13.9. The largest absolute Gasteiger partial charge is 0.455 e. The molecule has 0 saturated carbocycles. The quantitative estimate of drug-likeness (QED) is 0.721. The Labute approximate surface area is 166 Å². The van der Waals surface area contributed by atoms with E-state index in [4.69, 9.17) is 4.74 Å². The Morgan fingerprint density at radius 2 is 1.83 bits per heavy atom. The predicted molar refractivity (Wildman–Crippen MR) is 101 cm³/mol. The molecule has 0 spiro atoms. The Hall–Kier alpha value is -3.29. The first-order valence-electron chi connectivity index (χ1n) is 9.16. The van der Waals surface area contributed by atoms with Gasteiger partial charge >= 0.3 is 5.97 Å². The molecule has 8 heteroatoms. The summed E-state index contributed by atoms with van der Waals surface area (Å²) in [5.74, 6) is -3.16. The molecule has 1 aliphatic heterocycles. The first kappa shape index (κ1) is 20.4. The van der Waals surface area contributed by atoms with Crippen LogP contribution in [0.4, 0.5) is 14.5 Å². The lowest BCUT2D eigenvalue weighted by Gasteiger charge is -2.17. The third-order valence-corrected chi connectivity index (χ3v) is 4.60. The molecule has 2 amide bonds. The van der Waals surface area contributed by atoms with Gasteiger partial charge in [0, 0.05) is 19.5 Å². The van der Waals surface area contributed by atoms with Crippen molar-refractivity contribution >= 4 is 23.5 Å². The van der Waals surface area contributed by atoms with Crippen LogP contribution < -0.4 is 10.2 Å². The Morgan fingerprint density at radius 1 is 1.10 bits per heavy atom. The number of esters is 1. The van der Waals surface area contributed by atoms with Crippen molar-refractivity contribution in [1.82, 2.24) is 5.32 Å². The van der Waals surface area contributed by atoms with Gasteiger partial charge in [0.05, 0.1) is 11.6 Å². The van der Waals surface area contributed by atoms with Crippen molar-refractivity contribution in [2.45, 2.75) is 12.8 Å². The van der Waals surface area contributed by atoms with E-state index in [1.54, 1.807) is 18.2 Å². The summed E-state index contributed by atoms with van der Waals surface area (Å²) in [5, 5.41) is 2.61. The van der Waals surface area contributed by atoms with Crippen molar-refractivity contribution in [3.63, 3.8) is 0 Å². The van der Waals surface area contributed by atoms with E-state index in [1.165, 1.54) is 35.2 Å². The van der Waals surface area contributed by atoms with Crippen LogP contribution in [0.2, 0.25) is 0 Å². The zero-order valence-electron chi connectivity index (χ0n) is 15.6. The molecule has 1 N–H and O–H groups in total. The molecule has 0 unspecified atom stereocenters. The Kier molecular flexibility index (Phi) is 6.54. The van der Waals surface area contributed by atoms with E-state index in [0.717, 1.165) is 5.56 Å². The van der Waals surface area contributed by atoms with Crippen molar-refractivity contribution in [1.29, 1.82) is 0 Å². The number of para-hydroxylation sites is 1. The molecule has 1 saturated heterocycles. The fourth-order valence-electron chi connectivity index (χ4n) is 3.07. The summed E-state index contributed by atoms with van der Waals surface area (Å²) in [6, 6.07) is 11.8. The molecule has 2 aromatic rings. The van der Waals surface area contributed by atoms with Gasteiger partial charge in [-0.3, -0.25) is 14.4 Å². The number of carbonyl (C=O) groups is 3. The number of ether oxygens (including phenoxy) is 1. The number of rotatable bonds is 7. The van der Waals surface area contributed by atoms with Gasteiger partial charge in [-0.1, -0.05) is 24.3 Å². The van der Waals surface area contributed by atoms with Crippen LogP contribution >= 0.6 is 0 Å². The molecule has 152 valence electrons. The minimum absolute atomic E-state index is 0.00475. The van der Waals surface area contributed by atoms with Crippen molar-refractivity contribution in [2.24, 2.45) is 5.92 Å². The van der Waals surface area contributed by atoms with Gasteiger partial charge in [-0.05, 0) is 36.2 Å². The number of amides is 2. The van der Waals surface area contributed by atoms with Crippen LogP contribution in [0.15, 0.2) is 48.5 Å². The SMILES string of the molecule is O=C(COC(=O)[C@@H]1CC(=O)N(c2ccccc2F)C1)NCCc1ccc(F)cc1. The monoisotopic (exact) mass is 402 g/mol. The highest BCUT2D eigenvalue weighted by molar-refractivity contribution is 5.99. The summed E-state index contributed by atoms with van der Waals surface area (Å²) < 4.78 is 31.7. The lowest BCUT2D eigenvalue weighted by atomic mass is 10.1. The average molecular weight is 402 g/mol. The van der Waals surface area contributed by atoms with Gasteiger partial charge in [-0.25, -0.2) is 8.78 Å². The maximum Gasteiger partial charge on any atom is 0.311 e. The molecule has 1 aliphatic rings. The lowest BCUT2D eigenvalue weighted by Crippen LogP contribution is -2.32. The van der Waals surface area contributed by atoms with Gasteiger partial charge in [-0.2, -0.15) is 0 Å². The van der Waals surface area contributed by atoms with E-state index in [-0.39, 0.29) is 30.4 Å². The van der Waals surface area contributed by atoms with Gasteiger partial charge in [0.25, 0.3) is 5.91 Å². The number of nitrogens with zero attached hydrogens (tertiary/aromatic N) is 1. The molecular weight excluding hydrogens is 382 g/mol. The number of halogens is 2. The number of benzene rings is 2. The number of nitrogens with one attached hydrogen (secondary N) is 1. The fourth-order valence-corrected chi connectivity index (χ4v) is 3.07. The standard InChI is InChI=1S/C21H20F2N2O4/c22-16-7-5-14(6-8-16)9-10-24-19(26)13-29-21(28)15-11-20(27)25(12-15)18-4-2-1-3-17(18)23/h1-8,15H,9-13H2,(H,24,26)/t15-/m1/s1. The summed E-state index contributed by atoms with van der Waals surface area (Å²) in [7, 11) is 0. The van der Waals surface area contributed by atoms with Crippen molar-refractivity contribution in [3.8, 4) is 0 Å². The summed E-state index contributed by atoms with van der Waals surface area (Å²) in [6.07, 6.45) is 0.411. The van der Waals surface area contributed by atoms with Crippen LogP contribution in [-0.4, -0.2) is 37.5 Å². The third kappa shape index (κ3) is 5.37. The van der Waals surface area contributed by atoms with E-state index in [1.807, 2.05) is 0 Å². The van der Waals surface area contributed by atoms with Crippen LogP contribution in [0, 0.1) is 17.6 Å². The highest BCUT2D eigenvalue weighted by Gasteiger charge is 2.37. The third-order valence-electron chi connectivity index (χ3n) is 4.60. The fraction of sp³-hybridized carbons (Fsp3) is 0.286. The van der Waals surface area contributed by atoms with Gasteiger partial charge in [0.1, 0.15) is 11.6 Å². The topological polar surface area (TPSA) is 75.7 Å². The predicted octanol–water partition coefficient (Wildman–Crippen LogP) is 2.22. The van der Waals surface area contributed by atoms with Crippen LogP contribution in [-0.2, 0) is 25.5 Å². The van der Waals surface area contributed by atoms with Crippen molar-refractivity contribution < 1.29 is 27.9 Å². The average Bonchev–Trinajstić information content (AvgIpc) is 3.09. The normalized spacial score (nSPS) is 16.0. The first-order valence-corrected chi connectivity index (χ1v) is 9.16. The van der Waals surface area contributed by atoms with E-state index >= 15 is 0 Å². The zero-order chi connectivity index (χ0) is 20.8. The second kappa shape index (κ2) is 9.27. The zero-order valence-corrected chi connectivity index (χ0v) is 15.6. The molecule has 29 heavy (non-hydrogen) atoms. The Bertz CT molecular complexity index is 902. The van der Waals surface area contributed by atoms with Crippen LogP contribution in [0.5, 0.6) is 0 Å².